The molecule has 1 unspecified atom stereocenters. The molecule has 0 aromatic rings. The predicted molar refractivity (Wildman–Crippen MR) is 76.4 cm³/mol. The van der Waals surface area contributed by atoms with Crippen LogP contribution in [0.1, 0.15) is 52.9 Å². The molecule has 0 amide bonds. The molecule has 0 radical (unpaired) electrons. The monoisotopic (exact) mass is 251 g/mol. The van der Waals surface area contributed by atoms with Crippen molar-refractivity contribution in [1.82, 2.24) is 10.2 Å². The molecular formula is C15H29N3. The van der Waals surface area contributed by atoms with Gasteiger partial charge in [0.05, 0.1) is 6.07 Å². The fourth-order valence-corrected chi connectivity index (χ4v) is 2.67. The fraction of sp³-hybridized carbons (Fsp3) is 0.933. The van der Waals surface area contributed by atoms with E-state index in [1.165, 1.54) is 38.9 Å². The second-order valence-electron chi connectivity index (χ2n) is 5.96. The summed E-state index contributed by atoms with van der Waals surface area (Å²) in [6.07, 6.45) is 6.03. The first kappa shape index (κ1) is 15.5. The number of likely N-dealkylation sites (tertiary alicyclic amines) is 1. The average molecular weight is 251 g/mol. The first-order chi connectivity index (χ1) is 8.59. The van der Waals surface area contributed by atoms with Crippen LogP contribution in [-0.4, -0.2) is 36.6 Å². The smallest absolute Gasteiger partial charge is 0.103 e. The zero-order valence-corrected chi connectivity index (χ0v) is 12.3. The molecular weight excluding hydrogens is 222 g/mol. The van der Waals surface area contributed by atoms with Crippen LogP contribution in [-0.2, 0) is 0 Å². The van der Waals surface area contributed by atoms with Gasteiger partial charge in [0, 0.05) is 0 Å². The van der Waals surface area contributed by atoms with E-state index in [1.54, 1.807) is 0 Å². The second kappa shape index (κ2) is 7.76. The number of hydrogen-bond acceptors (Lipinski definition) is 3. The molecule has 3 nitrogen and oxygen atoms in total. The first-order valence-electron chi connectivity index (χ1n) is 7.48. The maximum atomic E-state index is 9.17. The van der Waals surface area contributed by atoms with Crippen molar-refractivity contribution in [2.75, 3.05) is 26.2 Å². The minimum absolute atomic E-state index is 0.328. The molecule has 1 atom stereocenters. The zero-order valence-electron chi connectivity index (χ0n) is 12.3. The van der Waals surface area contributed by atoms with Crippen LogP contribution in [0, 0.1) is 17.2 Å². The number of piperidine rings is 1. The summed E-state index contributed by atoms with van der Waals surface area (Å²) < 4.78 is 0. The van der Waals surface area contributed by atoms with Gasteiger partial charge in [-0.2, -0.15) is 5.26 Å². The number of unbranched alkanes of at least 4 members (excludes halogenated alkanes) is 1. The van der Waals surface area contributed by atoms with E-state index in [1.807, 2.05) is 6.92 Å². The van der Waals surface area contributed by atoms with Crippen molar-refractivity contribution in [2.45, 2.75) is 58.4 Å². The SMILES string of the molecule is CCNC(C)(C#N)CCCCN1CCC(C)CC1. The van der Waals surface area contributed by atoms with E-state index in [0.717, 1.165) is 25.3 Å². The molecule has 1 saturated heterocycles. The van der Waals surface area contributed by atoms with Crippen molar-refractivity contribution in [3.05, 3.63) is 0 Å². The summed E-state index contributed by atoms with van der Waals surface area (Å²) in [6, 6.07) is 2.40. The van der Waals surface area contributed by atoms with Gasteiger partial charge in [-0.15, -0.1) is 0 Å². The Labute approximate surface area is 113 Å². The van der Waals surface area contributed by atoms with E-state index in [9.17, 15) is 5.26 Å². The number of hydrogen-bond donors (Lipinski definition) is 1. The van der Waals surface area contributed by atoms with E-state index >= 15 is 0 Å². The lowest BCUT2D eigenvalue weighted by Gasteiger charge is -2.30. The molecule has 1 aliphatic rings. The summed E-state index contributed by atoms with van der Waals surface area (Å²) in [5.74, 6) is 0.914. The minimum Gasteiger partial charge on any atom is -0.303 e. The average Bonchev–Trinajstić information content (AvgIpc) is 2.37. The molecule has 1 N–H and O–H groups in total. The summed E-state index contributed by atoms with van der Waals surface area (Å²) in [5.41, 5.74) is -0.328. The van der Waals surface area contributed by atoms with Crippen LogP contribution in [0.25, 0.3) is 0 Å². The molecule has 1 aliphatic heterocycles. The Morgan fingerprint density at radius 1 is 1.33 bits per heavy atom. The van der Waals surface area contributed by atoms with E-state index in [2.05, 4.69) is 30.1 Å². The van der Waals surface area contributed by atoms with Gasteiger partial charge >= 0.3 is 0 Å². The van der Waals surface area contributed by atoms with Crippen LogP contribution in [0.5, 0.6) is 0 Å². The summed E-state index contributed by atoms with van der Waals surface area (Å²) in [4.78, 5) is 2.58. The Kier molecular flexibility index (Phi) is 6.67. The Bertz CT molecular complexity index is 263. The van der Waals surface area contributed by atoms with Crippen LogP contribution in [0.2, 0.25) is 0 Å². The quantitative estimate of drug-likeness (QED) is 0.707. The summed E-state index contributed by atoms with van der Waals surface area (Å²) in [7, 11) is 0. The van der Waals surface area contributed by atoms with Crippen LogP contribution in [0.3, 0.4) is 0 Å². The number of nitrogens with zero attached hydrogens (tertiary/aromatic N) is 2. The summed E-state index contributed by atoms with van der Waals surface area (Å²) in [6.45, 7) is 11.0. The maximum Gasteiger partial charge on any atom is 0.103 e. The Balaban J connectivity index is 2.13. The highest BCUT2D eigenvalue weighted by Crippen LogP contribution is 2.17. The second-order valence-corrected chi connectivity index (χ2v) is 5.96. The lowest BCUT2D eigenvalue weighted by Crippen LogP contribution is -2.41. The Hall–Kier alpha value is -0.590. The standard InChI is InChI=1S/C15H29N3/c1-4-17-15(3,13-16)9-5-6-10-18-11-7-14(2)8-12-18/h14,17H,4-12H2,1-3H3. The molecule has 0 saturated carbocycles. The highest BCUT2D eigenvalue weighted by molar-refractivity contribution is 5.03. The third-order valence-corrected chi connectivity index (χ3v) is 4.09. The lowest BCUT2D eigenvalue weighted by atomic mass is 9.95. The van der Waals surface area contributed by atoms with Gasteiger partial charge in [-0.05, 0) is 71.1 Å². The molecule has 1 heterocycles. The molecule has 0 spiro atoms. The molecule has 0 aromatic heterocycles. The first-order valence-corrected chi connectivity index (χ1v) is 7.48. The van der Waals surface area contributed by atoms with Gasteiger partial charge in [0.25, 0.3) is 0 Å². The normalized spacial score (nSPS) is 21.4. The molecule has 104 valence electrons. The van der Waals surface area contributed by atoms with Crippen molar-refractivity contribution < 1.29 is 0 Å². The predicted octanol–water partition coefficient (Wildman–Crippen LogP) is 2.78. The van der Waals surface area contributed by atoms with E-state index in [0.29, 0.717) is 0 Å². The third-order valence-electron chi connectivity index (χ3n) is 4.09. The van der Waals surface area contributed by atoms with E-state index in [-0.39, 0.29) is 5.54 Å². The van der Waals surface area contributed by atoms with Crippen LogP contribution in [0.15, 0.2) is 0 Å². The zero-order chi connectivity index (χ0) is 13.4. The molecule has 18 heavy (non-hydrogen) atoms. The number of rotatable bonds is 7. The number of nitrogens with one attached hydrogen (secondary N) is 1. The lowest BCUT2D eigenvalue weighted by molar-refractivity contribution is 0.188. The van der Waals surface area contributed by atoms with Crippen molar-refractivity contribution in [3.63, 3.8) is 0 Å². The summed E-state index contributed by atoms with van der Waals surface area (Å²) >= 11 is 0. The van der Waals surface area contributed by atoms with Crippen molar-refractivity contribution in [3.8, 4) is 6.07 Å². The van der Waals surface area contributed by atoms with Gasteiger partial charge in [-0.1, -0.05) is 13.8 Å². The fourth-order valence-electron chi connectivity index (χ4n) is 2.67. The van der Waals surface area contributed by atoms with Gasteiger partial charge < -0.3 is 4.90 Å². The van der Waals surface area contributed by atoms with Crippen molar-refractivity contribution in [1.29, 1.82) is 5.26 Å². The van der Waals surface area contributed by atoms with Crippen LogP contribution in [0.4, 0.5) is 0 Å². The Morgan fingerprint density at radius 2 is 2.00 bits per heavy atom. The van der Waals surface area contributed by atoms with E-state index in [4.69, 9.17) is 0 Å². The molecule has 0 aromatic carbocycles. The molecule has 3 heteroatoms. The molecule has 0 bridgehead atoms. The topological polar surface area (TPSA) is 39.1 Å². The number of nitriles is 1. The summed E-state index contributed by atoms with van der Waals surface area (Å²) in [5, 5.41) is 12.4. The van der Waals surface area contributed by atoms with Gasteiger partial charge in [0.1, 0.15) is 5.54 Å². The van der Waals surface area contributed by atoms with Crippen LogP contribution < -0.4 is 5.32 Å². The Morgan fingerprint density at radius 3 is 2.56 bits per heavy atom. The highest BCUT2D eigenvalue weighted by atomic mass is 15.1. The van der Waals surface area contributed by atoms with Gasteiger partial charge in [0.2, 0.25) is 0 Å². The van der Waals surface area contributed by atoms with Gasteiger partial charge in [0.15, 0.2) is 0 Å². The largest absolute Gasteiger partial charge is 0.303 e. The van der Waals surface area contributed by atoms with Gasteiger partial charge in [-0.3, -0.25) is 5.32 Å². The highest BCUT2D eigenvalue weighted by Gasteiger charge is 2.21. The molecule has 1 rings (SSSR count). The van der Waals surface area contributed by atoms with E-state index < -0.39 is 0 Å². The third kappa shape index (κ3) is 5.37. The van der Waals surface area contributed by atoms with Crippen molar-refractivity contribution in [2.24, 2.45) is 5.92 Å². The van der Waals surface area contributed by atoms with Crippen LogP contribution >= 0.6 is 0 Å². The minimum atomic E-state index is -0.328. The van der Waals surface area contributed by atoms with Crippen molar-refractivity contribution >= 4 is 0 Å². The maximum absolute atomic E-state index is 9.17. The molecule has 1 fully saturated rings. The molecule has 0 aliphatic carbocycles. The van der Waals surface area contributed by atoms with Gasteiger partial charge in [-0.25, -0.2) is 0 Å².